The van der Waals surface area contributed by atoms with Crippen LogP contribution in [0.3, 0.4) is 0 Å². The molecule has 1 nitrogen and oxygen atoms in total. The molecular weight excluding hydrogens is 299 g/mol. The van der Waals surface area contributed by atoms with Crippen molar-refractivity contribution in [2.45, 2.75) is 11.3 Å². The average Bonchev–Trinajstić information content (AvgIpc) is 2.67. The van der Waals surface area contributed by atoms with Gasteiger partial charge in [0.05, 0.1) is 0 Å². The molecule has 0 aromatic heterocycles. The molecule has 2 heteroatoms. The van der Waals surface area contributed by atoms with Crippen molar-refractivity contribution in [1.82, 2.24) is 0 Å². The molecule has 0 aliphatic heterocycles. The lowest BCUT2D eigenvalue weighted by molar-refractivity contribution is -0.123. The van der Waals surface area contributed by atoms with Crippen LogP contribution in [0, 0.1) is 0 Å². The van der Waals surface area contributed by atoms with Crippen LogP contribution >= 0.6 is 0 Å². The standard InChI is InChI=1S/C22H15FO/c23-13-20(24)22-17-10-4-1-7-14(17)21(15-8-2-5-11-18(15)22)16-9-3-6-12-19(16)22/h1-12,21H,13H2. The Balaban J connectivity index is 2.02. The lowest BCUT2D eigenvalue weighted by Gasteiger charge is -2.49. The van der Waals surface area contributed by atoms with E-state index in [1.807, 2.05) is 54.6 Å². The summed E-state index contributed by atoms with van der Waals surface area (Å²) in [4.78, 5) is 13.1. The molecule has 0 atom stereocenters. The first kappa shape index (κ1) is 13.7. The van der Waals surface area contributed by atoms with Gasteiger partial charge in [-0.2, -0.15) is 0 Å². The first-order valence-corrected chi connectivity index (χ1v) is 8.17. The smallest absolute Gasteiger partial charge is 0.183 e. The molecule has 6 rings (SSSR count). The molecule has 0 N–H and O–H groups in total. The molecule has 0 heterocycles. The summed E-state index contributed by atoms with van der Waals surface area (Å²) in [6.45, 7) is -0.971. The fourth-order valence-electron chi connectivity index (χ4n) is 4.76. The predicted molar refractivity (Wildman–Crippen MR) is 91.1 cm³/mol. The van der Waals surface area contributed by atoms with Gasteiger partial charge in [0.15, 0.2) is 5.78 Å². The van der Waals surface area contributed by atoms with Gasteiger partial charge < -0.3 is 0 Å². The second-order valence-electron chi connectivity index (χ2n) is 6.50. The van der Waals surface area contributed by atoms with Crippen molar-refractivity contribution in [2.75, 3.05) is 6.67 Å². The van der Waals surface area contributed by atoms with E-state index in [9.17, 15) is 9.18 Å². The van der Waals surface area contributed by atoms with Crippen LogP contribution in [-0.4, -0.2) is 12.5 Å². The van der Waals surface area contributed by atoms with E-state index >= 15 is 0 Å². The molecule has 3 aliphatic rings. The normalized spacial score (nSPS) is 22.5. The molecule has 0 fully saturated rings. The topological polar surface area (TPSA) is 17.1 Å². The Morgan fingerprint density at radius 2 is 1.12 bits per heavy atom. The fraction of sp³-hybridized carbons (Fsp3) is 0.136. The molecule has 2 bridgehead atoms. The summed E-state index contributed by atoms with van der Waals surface area (Å²) in [6.07, 6.45) is 0. The number of hydrogen-bond donors (Lipinski definition) is 0. The highest BCUT2D eigenvalue weighted by Crippen LogP contribution is 2.59. The average molecular weight is 314 g/mol. The van der Waals surface area contributed by atoms with Crippen molar-refractivity contribution in [3.63, 3.8) is 0 Å². The maximum atomic E-state index is 13.8. The summed E-state index contributed by atoms with van der Waals surface area (Å²) in [7, 11) is 0. The quantitative estimate of drug-likeness (QED) is 0.686. The maximum Gasteiger partial charge on any atom is 0.183 e. The zero-order valence-electron chi connectivity index (χ0n) is 13.0. The number of alkyl halides is 1. The summed E-state index contributed by atoms with van der Waals surface area (Å²) in [6, 6.07) is 24.0. The molecule has 116 valence electrons. The van der Waals surface area contributed by atoms with Crippen LogP contribution in [0.15, 0.2) is 72.8 Å². The molecule has 0 saturated carbocycles. The Labute approximate surface area is 139 Å². The van der Waals surface area contributed by atoms with Crippen molar-refractivity contribution < 1.29 is 9.18 Å². The Morgan fingerprint density at radius 1 is 0.750 bits per heavy atom. The van der Waals surface area contributed by atoms with Crippen molar-refractivity contribution in [3.05, 3.63) is 106 Å². The molecular formula is C22H15FO. The monoisotopic (exact) mass is 314 g/mol. The lowest BCUT2D eigenvalue weighted by atomic mass is 9.51. The van der Waals surface area contributed by atoms with Gasteiger partial charge in [-0.05, 0) is 33.4 Å². The molecule has 0 spiro atoms. The minimum atomic E-state index is -1.02. The number of carbonyl (C=O) groups excluding carboxylic acids is 1. The number of benzene rings is 3. The highest BCUT2D eigenvalue weighted by molar-refractivity contribution is 6.02. The van der Waals surface area contributed by atoms with Gasteiger partial charge >= 0.3 is 0 Å². The van der Waals surface area contributed by atoms with Crippen LogP contribution in [0.1, 0.15) is 39.3 Å². The largest absolute Gasteiger partial charge is 0.295 e. The number of halogens is 1. The Hall–Kier alpha value is -2.74. The van der Waals surface area contributed by atoms with E-state index in [4.69, 9.17) is 0 Å². The predicted octanol–water partition coefficient (Wildman–Crippen LogP) is 4.37. The van der Waals surface area contributed by atoms with Crippen LogP contribution in [0.4, 0.5) is 4.39 Å². The van der Waals surface area contributed by atoms with Gasteiger partial charge in [-0.15, -0.1) is 0 Å². The van der Waals surface area contributed by atoms with Crippen molar-refractivity contribution in [3.8, 4) is 0 Å². The van der Waals surface area contributed by atoms with Crippen molar-refractivity contribution in [1.29, 1.82) is 0 Å². The third-order valence-corrected chi connectivity index (χ3v) is 5.57. The second kappa shape index (κ2) is 4.64. The SMILES string of the molecule is O=C(CF)C12c3ccccc3C(c3ccccc31)c1ccccc12. The zero-order valence-corrected chi connectivity index (χ0v) is 13.0. The lowest BCUT2D eigenvalue weighted by Crippen LogP contribution is -2.48. The molecule has 0 saturated heterocycles. The number of carbonyl (C=O) groups is 1. The van der Waals surface area contributed by atoms with Gasteiger partial charge in [-0.1, -0.05) is 72.8 Å². The maximum absolute atomic E-state index is 13.8. The van der Waals surface area contributed by atoms with E-state index in [1.165, 1.54) is 0 Å². The van der Waals surface area contributed by atoms with Gasteiger partial charge in [0.1, 0.15) is 12.1 Å². The molecule has 3 aliphatic carbocycles. The first-order valence-electron chi connectivity index (χ1n) is 8.17. The third kappa shape index (κ3) is 1.38. The summed E-state index contributed by atoms with van der Waals surface area (Å²) in [5, 5.41) is 0. The Morgan fingerprint density at radius 3 is 1.50 bits per heavy atom. The number of rotatable bonds is 2. The molecule has 3 aromatic rings. The second-order valence-corrected chi connectivity index (χ2v) is 6.50. The van der Waals surface area contributed by atoms with Gasteiger partial charge in [-0.3, -0.25) is 4.79 Å². The molecule has 3 aromatic carbocycles. The summed E-state index contributed by atoms with van der Waals surface area (Å²) < 4.78 is 13.8. The van der Waals surface area contributed by atoms with Crippen molar-refractivity contribution in [2.24, 2.45) is 0 Å². The van der Waals surface area contributed by atoms with Crippen LogP contribution in [0.2, 0.25) is 0 Å². The van der Waals surface area contributed by atoms with Gasteiger partial charge in [0, 0.05) is 5.92 Å². The van der Waals surface area contributed by atoms with E-state index in [1.54, 1.807) is 0 Å². The van der Waals surface area contributed by atoms with Crippen LogP contribution in [-0.2, 0) is 10.2 Å². The van der Waals surface area contributed by atoms with Gasteiger partial charge in [-0.25, -0.2) is 4.39 Å². The number of hydrogen-bond acceptors (Lipinski definition) is 1. The van der Waals surface area contributed by atoms with E-state index in [-0.39, 0.29) is 11.7 Å². The summed E-state index contributed by atoms with van der Waals surface area (Å²) in [5.74, 6) is -0.268. The number of Topliss-reactive ketones (excluding diaryl/α,β-unsaturated/α-hetero) is 1. The van der Waals surface area contributed by atoms with Crippen LogP contribution < -0.4 is 0 Å². The highest BCUT2D eigenvalue weighted by atomic mass is 19.1. The van der Waals surface area contributed by atoms with E-state index in [2.05, 4.69) is 18.2 Å². The van der Waals surface area contributed by atoms with E-state index in [0.717, 1.165) is 33.4 Å². The van der Waals surface area contributed by atoms with E-state index in [0.29, 0.717) is 0 Å². The van der Waals surface area contributed by atoms with E-state index < -0.39 is 12.1 Å². The highest BCUT2D eigenvalue weighted by Gasteiger charge is 2.55. The first-order chi connectivity index (χ1) is 11.8. The van der Waals surface area contributed by atoms with Crippen LogP contribution in [0.5, 0.6) is 0 Å². The van der Waals surface area contributed by atoms with Crippen molar-refractivity contribution >= 4 is 5.78 Å². The molecule has 0 amide bonds. The van der Waals surface area contributed by atoms with Gasteiger partial charge in [0.2, 0.25) is 0 Å². The number of ketones is 1. The minimum absolute atomic E-state index is 0.114. The fourth-order valence-corrected chi connectivity index (χ4v) is 4.76. The Bertz CT molecular complexity index is 873. The van der Waals surface area contributed by atoms with Crippen LogP contribution in [0.25, 0.3) is 0 Å². The Kier molecular flexibility index (Phi) is 2.64. The third-order valence-electron chi connectivity index (χ3n) is 5.57. The summed E-state index contributed by atoms with van der Waals surface area (Å²) >= 11 is 0. The molecule has 0 radical (unpaired) electrons. The minimum Gasteiger partial charge on any atom is -0.295 e. The molecule has 24 heavy (non-hydrogen) atoms. The molecule has 0 unspecified atom stereocenters. The summed E-state index contributed by atoms with van der Waals surface area (Å²) in [5.41, 5.74) is 5.16. The zero-order chi connectivity index (χ0) is 16.3. The van der Waals surface area contributed by atoms with Gasteiger partial charge in [0.25, 0.3) is 0 Å².